The van der Waals surface area contributed by atoms with Crippen molar-refractivity contribution in [2.75, 3.05) is 11.9 Å². The quantitative estimate of drug-likeness (QED) is 0.417. The van der Waals surface area contributed by atoms with E-state index < -0.39 is 10.1 Å². The van der Waals surface area contributed by atoms with Crippen molar-refractivity contribution in [1.82, 2.24) is 0 Å². The lowest BCUT2D eigenvalue weighted by atomic mass is 10.1. The normalized spacial score (nSPS) is 11.3. The number of anilines is 1. The van der Waals surface area contributed by atoms with E-state index in [4.69, 9.17) is 4.18 Å². The molecule has 0 fully saturated rings. The van der Waals surface area contributed by atoms with Crippen LogP contribution in [0.2, 0.25) is 0 Å². The molecule has 0 aliphatic rings. The van der Waals surface area contributed by atoms with E-state index in [-0.39, 0.29) is 23.2 Å². The van der Waals surface area contributed by atoms with Crippen LogP contribution in [0.4, 0.5) is 5.69 Å². The molecule has 0 aliphatic heterocycles. The number of amides is 1. The summed E-state index contributed by atoms with van der Waals surface area (Å²) >= 11 is 0. The number of hydrogen-bond acceptors (Lipinski definition) is 5. The van der Waals surface area contributed by atoms with Crippen LogP contribution in [-0.2, 0) is 14.3 Å². The minimum Gasteiger partial charge on any atom is -0.508 e. The molecule has 0 saturated heterocycles. The minimum absolute atomic E-state index is 0.0566. The summed E-state index contributed by atoms with van der Waals surface area (Å²) < 4.78 is 29.5. The van der Waals surface area contributed by atoms with Crippen LogP contribution in [0.3, 0.4) is 0 Å². The predicted molar refractivity (Wildman–Crippen MR) is 109 cm³/mol. The van der Waals surface area contributed by atoms with Gasteiger partial charge in [0, 0.05) is 11.3 Å². The third kappa shape index (κ3) is 6.98. The monoisotopic (exact) mass is 405 g/mol. The summed E-state index contributed by atoms with van der Waals surface area (Å²) in [5.74, 6) is -0.276. The van der Waals surface area contributed by atoms with E-state index >= 15 is 0 Å². The summed E-state index contributed by atoms with van der Waals surface area (Å²) in [6.45, 7) is 2.33. The molecule has 28 heavy (non-hydrogen) atoms. The Morgan fingerprint density at radius 3 is 2.18 bits per heavy atom. The first-order valence-electron chi connectivity index (χ1n) is 9.52. The van der Waals surface area contributed by atoms with Crippen molar-refractivity contribution in [3.63, 3.8) is 0 Å². The first-order chi connectivity index (χ1) is 13.4. The van der Waals surface area contributed by atoms with Crippen molar-refractivity contribution in [2.45, 2.75) is 50.3 Å². The van der Waals surface area contributed by atoms with E-state index in [2.05, 4.69) is 12.2 Å². The Balaban J connectivity index is 1.85. The molecule has 0 spiro atoms. The highest BCUT2D eigenvalue weighted by molar-refractivity contribution is 7.86. The molecule has 0 radical (unpaired) electrons. The predicted octanol–water partition coefficient (Wildman–Crippen LogP) is 4.71. The van der Waals surface area contributed by atoms with Gasteiger partial charge in [0.05, 0.1) is 11.5 Å². The Labute approximate surface area is 166 Å². The van der Waals surface area contributed by atoms with Gasteiger partial charge in [0.1, 0.15) is 5.75 Å². The summed E-state index contributed by atoms with van der Waals surface area (Å²) in [6.07, 6.45) is 6.31. The number of unbranched alkanes of at least 4 members (excludes halogenated alkanes) is 5. The average molecular weight is 406 g/mol. The number of rotatable bonds is 11. The molecule has 0 saturated carbocycles. The van der Waals surface area contributed by atoms with Gasteiger partial charge in [-0.2, -0.15) is 8.42 Å². The Hall–Kier alpha value is -2.38. The fraction of sp³-hybridized carbons (Fsp3) is 0.381. The number of hydrogen-bond donors (Lipinski definition) is 2. The standard InChI is InChI=1S/C21H27NO5S/c1-2-3-4-5-6-7-16-27-28(25,26)20-14-10-18(11-15-20)22-21(24)17-8-12-19(23)13-9-17/h8-15,23H,2-7,16H2,1H3,(H,22,24). The maximum Gasteiger partial charge on any atom is 0.296 e. The molecule has 2 aromatic rings. The lowest BCUT2D eigenvalue weighted by Gasteiger charge is -2.08. The first-order valence-corrected chi connectivity index (χ1v) is 10.9. The SMILES string of the molecule is CCCCCCCCOS(=O)(=O)c1ccc(NC(=O)c2ccc(O)cc2)cc1. The van der Waals surface area contributed by atoms with Gasteiger partial charge in [0.25, 0.3) is 16.0 Å². The highest BCUT2D eigenvalue weighted by atomic mass is 32.2. The second-order valence-electron chi connectivity index (χ2n) is 6.57. The van der Waals surface area contributed by atoms with Gasteiger partial charge in [-0.25, -0.2) is 0 Å². The van der Waals surface area contributed by atoms with E-state index in [1.807, 2.05) is 0 Å². The van der Waals surface area contributed by atoms with E-state index in [1.165, 1.54) is 67.8 Å². The maximum absolute atomic E-state index is 12.2. The summed E-state index contributed by atoms with van der Waals surface area (Å²) in [5, 5.41) is 11.9. The Bertz CT molecular complexity index is 845. The molecule has 6 nitrogen and oxygen atoms in total. The topological polar surface area (TPSA) is 92.7 Å². The van der Waals surface area contributed by atoms with Crippen LogP contribution in [0.25, 0.3) is 0 Å². The molecule has 2 aromatic carbocycles. The van der Waals surface area contributed by atoms with E-state index in [9.17, 15) is 18.3 Å². The second kappa shape index (κ2) is 10.8. The summed E-state index contributed by atoms with van der Waals surface area (Å²) in [6, 6.07) is 11.7. The van der Waals surface area contributed by atoms with Gasteiger partial charge in [-0.15, -0.1) is 0 Å². The van der Waals surface area contributed by atoms with Gasteiger partial charge in [0.15, 0.2) is 0 Å². The van der Waals surface area contributed by atoms with Crippen molar-refractivity contribution < 1.29 is 22.5 Å². The highest BCUT2D eigenvalue weighted by Gasteiger charge is 2.15. The molecule has 0 aliphatic carbocycles. The van der Waals surface area contributed by atoms with Gasteiger partial charge in [-0.1, -0.05) is 39.0 Å². The van der Waals surface area contributed by atoms with Gasteiger partial charge >= 0.3 is 0 Å². The number of phenols is 1. The number of benzene rings is 2. The summed E-state index contributed by atoms with van der Waals surface area (Å²) in [7, 11) is -3.80. The van der Waals surface area contributed by atoms with Gasteiger partial charge in [-0.05, 0) is 55.0 Å². The Morgan fingerprint density at radius 1 is 0.929 bits per heavy atom. The average Bonchev–Trinajstić information content (AvgIpc) is 2.68. The third-order valence-electron chi connectivity index (χ3n) is 4.27. The Morgan fingerprint density at radius 2 is 1.54 bits per heavy atom. The van der Waals surface area contributed by atoms with E-state index in [1.54, 1.807) is 0 Å². The van der Waals surface area contributed by atoms with Crippen LogP contribution < -0.4 is 5.32 Å². The highest BCUT2D eigenvalue weighted by Crippen LogP contribution is 2.18. The minimum atomic E-state index is -3.80. The van der Waals surface area contributed by atoms with Gasteiger partial charge in [0.2, 0.25) is 0 Å². The van der Waals surface area contributed by atoms with Crippen molar-refractivity contribution >= 4 is 21.7 Å². The molecule has 0 heterocycles. The molecule has 7 heteroatoms. The zero-order valence-corrected chi connectivity index (χ0v) is 16.9. The van der Waals surface area contributed by atoms with Crippen molar-refractivity contribution in [2.24, 2.45) is 0 Å². The fourth-order valence-electron chi connectivity index (χ4n) is 2.64. The van der Waals surface area contributed by atoms with Crippen molar-refractivity contribution in [3.8, 4) is 5.75 Å². The smallest absolute Gasteiger partial charge is 0.296 e. The summed E-state index contributed by atoms with van der Waals surface area (Å²) in [4.78, 5) is 12.2. The van der Waals surface area contributed by atoms with Crippen LogP contribution in [-0.4, -0.2) is 26.0 Å². The molecule has 152 valence electrons. The number of carbonyl (C=O) groups excluding carboxylic acids is 1. The number of phenolic OH excluding ortho intramolecular Hbond substituents is 1. The molecule has 1 amide bonds. The Kier molecular flexibility index (Phi) is 8.47. The molecular formula is C21H27NO5S. The van der Waals surface area contributed by atoms with Gasteiger partial charge in [-0.3, -0.25) is 8.98 Å². The zero-order valence-electron chi connectivity index (χ0n) is 16.1. The first kappa shape index (κ1) is 21.9. The van der Waals surface area contributed by atoms with Crippen LogP contribution in [0.5, 0.6) is 5.75 Å². The van der Waals surface area contributed by atoms with Gasteiger partial charge < -0.3 is 10.4 Å². The molecule has 0 aromatic heterocycles. The number of nitrogens with one attached hydrogen (secondary N) is 1. The third-order valence-corrected chi connectivity index (χ3v) is 5.59. The maximum atomic E-state index is 12.2. The van der Waals surface area contributed by atoms with E-state index in [0.29, 0.717) is 17.7 Å². The van der Waals surface area contributed by atoms with Crippen LogP contribution in [0, 0.1) is 0 Å². The zero-order chi connectivity index (χ0) is 20.4. The van der Waals surface area contributed by atoms with Crippen LogP contribution in [0.15, 0.2) is 53.4 Å². The fourth-order valence-corrected chi connectivity index (χ4v) is 3.58. The van der Waals surface area contributed by atoms with Crippen molar-refractivity contribution in [3.05, 3.63) is 54.1 Å². The van der Waals surface area contributed by atoms with E-state index in [0.717, 1.165) is 12.8 Å². The van der Waals surface area contributed by atoms with Crippen LogP contribution >= 0.6 is 0 Å². The molecule has 0 unspecified atom stereocenters. The second-order valence-corrected chi connectivity index (χ2v) is 8.18. The lowest BCUT2D eigenvalue weighted by Crippen LogP contribution is -2.12. The molecule has 2 rings (SSSR count). The molecule has 0 bridgehead atoms. The summed E-state index contributed by atoms with van der Waals surface area (Å²) in [5.41, 5.74) is 0.852. The largest absolute Gasteiger partial charge is 0.508 e. The van der Waals surface area contributed by atoms with Crippen LogP contribution in [0.1, 0.15) is 55.8 Å². The molecular weight excluding hydrogens is 378 g/mol. The number of aromatic hydroxyl groups is 1. The molecule has 0 atom stereocenters. The van der Waals surface area contributed by atoms with Crippen molar-refractivity contribution in [1.29, 1.82) is 0 Å². The molecule has 2 N–H and O–H groups in total. The number of carbonyl (C=O) groups is 1. The lowest BCUT2D eigenvalue weighted by molar-refractivity contribution is 0.102.